The van der Waals surface area contributed by atoms with Crippen LogP contribution in [0.4, 0.5) is 8.78 Å². The van der Waals surface area contributed by atoms with E-state index in [4.69, 9.17) is 0 Å². The molecule has 0 aliphatic rings. The standard InChI is InChI=1S/C10H7BrF2N2/c11-7-4-14-15(5-7)6-8-9(12)2-1-3-10(8)13/h1-5H,6H2. The van der Waals surface area contributed by atoms with E-state index in [-0.39, 0.29) is 12.1 Å². The van der Waals surface area contributed by atoms with E-state index in [1.165, 1.54) is 22.9 Å². The predicted molar refractivity (Wildman–Crippen MR) is 55.4 cm³/mol. The van der Waals surface area contributed by atoms with Crippen LogP contribution in [0.1, 0.15) is 5.56 Å². The van der Waals surface area contributed by atoms with Crippen LogP contribution < -0.4 is 0 Å². The van der Waals surface area contributed by atoms with Crippen molar-refractivity contribution < 1.29 is 8.78 Å². The zero-order valence-electron chi connectivity index (χ0n) is 7.62. The average molecular weight is 273 g/mol. The van der Waals surface area contributed by atoms with Gasteiger partial charge >= 0.3 is 0 Å². The number of aromatic nitrogens is 2. The SMILES string of the molecule is Fc1cccc(F)c1Cn1cc(Br)cn1. The van der Waals surface area contributed by atoms with Crippen molar-refractivity contribution in [1.82, 2.24) is 9.78 Å². The molecular weight excluding hydrogens is 266 g/mol. The van der Waals surface area contributed by atoms with Crippen LogP contribution in [-0.4, -0.2) is 9.78 Å². The Balaban J connectivity index is 2.31. The predicted octanol–water partition coefficient (Wildman–Crippen LogP) is 2.97. The van der Waals surface area contributed by atoms with Gasteiger partial charge in [0.1, 0.15) is 11.6 Å². The van der Waals surface area contributed by atoms with Gasteiger partial charge in [0.25, 0.3) is 0 Å². The molecule has 0 unspecified atom stereocenters. The molecule has 0 radical (unpaired) electrons. The maximum absolute atomic E-state index is 13.3. The molecule has 0 saturated carbocycles. The van der Waals surface area contributed by atoms with Crippen molar-refractivity contribution in [2.24, 2.45) is 0 Å². The highest BCUT2D eigenvalue weighted by molar-refractivity contribution is 9.10. The first-order chi connectivity index (χ1) is 7.16. The monoisotopic (exact) mass is 272 g/mol. The summed E-state index contributed by atoms with van der Waals surface area (Å²) >= 11 is 3.21. The molecule has 0 amide bonds. The average Bonchev–Trinajstić information content (AvgIpc) is 2.58. The molecule has 0 aliphatic carbocycles. The minimum Gasteiger partial charge on any atom is -0.267 e. The topological polar surface area (TPSA) is 17.8 Å². The molecule has 0 spiro atoms. The first-order valence-electron chi connectivity index (χ1n) is 4.27. The van der Waals surface area contributed by atoms with E-state index in [0.29, 0.717) is 0 Å². The summed E-state index contributed by atoms with van der Waals surface area (Å²) < 4.78 is 28.7. The van der Waals surface area contributed by atoms with Gasteiger partial charge in [-0.1, -0.05) is 6.07 Å². The van der Waals surface area contributed by atoms with E-state index in [1.807, 2.05) is 0 Å². The molecule has 2 rings (SSSR count). The second-order valence-electron chi connectivity index (χ2n) is 3.06. The summed E-state index contributed by atoms with van der Waals surface area (Å²) in [7, 11) is 0. The number of hydrogen-bond acceptors (Lipinski definition) is 1. The summed E-state index contributed by atoms with van der Waals surface area (Å²) in [5, 5.41) is 3.93. The van der Waals surface area contributed by atoms with Crippen LogP contribution in [0.5, 0.6) is 0 Å². The molecule has 0 fully saturated rings. The zero-order valence-corrected chi connectivity index (χ0v) is 9.21. The lowest BCUT2D eigenvalue weighted by atomic mass is 10.2. The van der Waals surface area contributed by atoms with Crippen molar-refractivity contribution in [2.45, 2.75) is 6.54 Å². The van der Waals surface area contributed by atoms with Crippen LogP contribution in [0.3, 0.4) is 0 Å². The lowest BCUT2D eigenvalue weighted by Crippen LogP contribution is -2.04. The molecular formula is C10H7BrF2N2. The van der Waals surface area contributed by atoms with Gasteiger partial charge in [0.05, 0.1) is 17.2 Å². The van der Waals surface area contributed by atoms with Crippen molar-refractivity contribution in [2.75, 3.05) is 0 Å². The third kappa shape index (κ3) is 2.23. The molecule has 1 aromatic heterocycles. The minimum absolute atomic E-state index is 0.0214. The van der Waals surface area contributed by atoms with Crippen LogP contribution in [0, 0.1) is 11.6 Å². The maximum Gasteiger partial charge on any atom is 0.131 e. The van der Waals surface area contributed by atoms with Crippen LogP contribution >= 0.6 is 15.9 Å². The Kier molecular flexibility index (Phi) is 2.81. The lowest BCUT2D eigenvalue weighted by molar-refractivity contribution is 0.533. The van der Waals surface area contributed by atoms with Gasteiger partial charge in [-0.15, -0.1) is 0 Å². The highest BCUT2D eigenvalue weighted by Gasteiger charge is 2.09. The summed E-state index contributed by atoms with van der Waals surface area (Å²) in [6.07, 6.45) is 3.23. The Bertz CT molecular complexity index is 462. The highest BCUT2D eigenvalue weighted by Crippen LogP contribution is 2.14. The van der Waals surface area contributed by atoms with Gasteiger partial charge in [0.15, 0.2) is 0 Å². The van der Waals surface area contributed by atoms with Gasteiger partial charge < -0.3 is 0 Å². The molecule has 0 aliphatic heterocycles. The molecule has 2 aromatic rings. The fourth-order valence-corrected chi connectivity index (χ4v) is 1.60. The molecule has 15 heavy (non-hydrogen) atoms. The number of rotatable bonds is 2. The second kappa shape index (κ2) is 4.10. The van der Waals surface area contributed by atoms with Crippen molar-refractivity contribution in [3.05, 3.63) is 52.3 Å². The van der Waals surface area contributed by atoms with Gasteiger partial charge in [0, 0.05) is 11.8 Å². The summed E-state index contributed by atoms with van der Waals surface area (Å²) in [4.78, 5) is 0. The Morgan fingerprint density at radius 2 is 1.93 bits per heavy atom. The van der Waals surface area contributed by atoms with Crippen LogP contribution in [0.15, 0.2) is 35.1 Å². The minimum atomic E-state index is -0.554. The van der Waals surface area contributed by atoms with Crippen LogP contribution in [-0.2, 0) is 6.54 Å². The summed E-state index contributed by atoms with van der Waals surface area (Å²) in [6, 6.07) is 3.81. The van der Waals surface area contributed by atoms with Crippen LogP contribution in [0.25, 0.3) is 0 Å². The van der Waals surface area contributed by atoms with Crippen LogP contribution in [0.2, 0.25) is 0 Å². The fraction of sp³-hybridized carbons (Fsp3) is 0.100. The van der Waals surface area contributed by atoms with Gasteiger partial charge in [0.2, 0.25) is 0 Å². The molecule has 0 bridgehead atoms. The summed E-state index contributed by atoms with van der Waals surface area (Å²) in [5.74, 6) is -1.11. The van der Waals surface area contributed by atoms with Crippen molar-refractivity contribution >= 4 is 15.9 Å². The molecule has 0 atom stereocenters. The number of nitrogens with zero attached hydrogens (tertiary/aromatic N) is 2. The third-order valence-electron chi connectivity index (χ3n) is 1.98. The van der Waals surface area contributed by atoms with E-state index in [1.54, 1.807) is 12.4 Å². The van der Waals surface area contributed by atoms with E-state index in [0.717, 1.165) is 4.47 Å². The molecule has 0 saturated heterocycles. The van der Waals surface area contributed by atoms with Gasteiger partial charge in [-0.2, -0.15) is 5.10 Å². The molecule has 5 heteroatoms. The number of hydrogen-bond donors (Lipinski definition) is 0. The lowest BCUT2D eigenvalue weighted by Gasteiger charge is -2.04. The largest absolute Gasteiger partial charge is 0.267 e. The van der Waals surface area contributed by atoms with Crippen molar-refractivity contribution in [1.29, 1.82) is 0 Å². The zero-order chi connectivity index (χ0) is 10.8. The third-order valence-corrected chi connectivity index (χ3v) is 2.39. The normalized spacial score (nSPS) is 10.6. The molecule has 1 heterocycles. The summed E-state index contributed by atoms with van der Waals surface area (Å²) in [5.41, 5.74) is 0.0214. The molecule has 2 nitrogen and oxygen atoms in total. The maximum atomic E-state index is 13.3. The van der Waals surface area contributed by atoms with Gasteiger partial charge in [-0.05, 0) is 28.1 Å². The Hall–Kier alpha value is -1.23. The van der Waals surface area contributed by atoms with Crippen molar-refractivity contribution in [3.8, 4) is 0 Å². The van der Waals surface area contributed by atoms with Crippen molar-refractivity contribution in [3.63, 3.8) is 0 Å². The number of benzene rings is 1. The van der Waals surface area contributed by atoms with Gasteiger partial charge in [-0.25, -0.2) is 8.78 Å². The second-order valence-corrected chi connectivity index (χ2v) is 3.97. The smallest absolute Gasteiger partial charge is 0.131 e. The van der Waals surface area contributed by atoms with Gasteiger partial charge in [-0.3, -0.25) is 4.68 Å². The molecule has 1 aromatic carbocycles. The Labute approximate surface area is 93.7 Å². The van der Waals surface area contributed by atoms with E-state index in [2.05, 4.69) is 21.0 Å². The first kappa shape index (κ1) is 10.3. The highest BCUT2D eigenvalue weighted by atomic mass is 79.9. The molecule has 0 N–H and O–H groups in total. The Morgan fingerprint density at radius 1 is 1.27 bits per heavy atom. The fourth-order valence-electron chi connectivity index (χ4n) is 1.27. The summed E-state index contributed by atoms with van der Waals surface area (Å²) in [6.45, 7) is 0.0874. The van der Waals surface area contributed by atoms with E-state index >= 15 is 0 Å². The number of halogens is 3. The Morgan fingerprint density at radius 3 is 2.47 bits per heavy atom. The van der Waals surface area contributed by atoms with E-state index < -0.39 is 11.6 Å². The quantitative estimate of drug-likeness (QED) is 0.822. The molecule has 78 valence electrons. The van der Waals surface area contributed by atoms with E-state index in [9.17, 15) is 8.78 Å². The first-order valence-corrected chi connectivity index (χ1v) is 5.07.